The van der Waals surface area contributed by atoms with Crippen molar-refractivity contribution >= 4 is 12.0 Å². The van der Waals surface area contributed by atoms with E-state index in [4.69, 9.17) is 5.11 Å². The standard InChI is InChI=1S/C8H14N2O4/c1-8(3-2-4-8)9-7(13)10-14-5-6(11)12/h2-5H2,1H3,(H,11,12)(H2,9,10,13). The molecule has 0 radical (unpaired) electrons. The second kappa shape index (κ2) is 4.28. The molecule has 1 saturated carbocycles. The molecule has 0 unspecified atom stereocenters. The van der Waals surface area contributed by atoms with Gasteiger partial charge in [-0.25, -0.2) is 15.1 Å². The molecule has 0 aromatic carbocycles. The number of nitrogens with one attached hydrogen (secondary N) is 2. The third kappa shape index (κ3) is 3.21. The van der Waals surface area contributed by atoms with E-state index < -0.39 is 18.6 Å². The lowest BCUT2D eigenvalue weighted by atomic mass is 9.79. The fourth-order valence-corrected chi connectivity index (χ4v) is 1.30. The Hall–Kier alpha value is -1.30. The summed E-state index contributed by atoms with van der Waals surface area (Å²) in [5, 5.41) is 10.9. The van der Waals surface area contributed by atoms with Crippen molar-refractivity contribution in [1.29, 1.82) is 0 Å². The van der Waals surface area contributed by atoms with Gasteiger partial charge in [0.2, 0.25) is 0 Å². The molecule has 1 rings (SSSR count). The van der Waals surface area contributed by atoms with Crippen molar-refractivity contribution in [2.45, 2.75) is 31.7 Å². The molecular weight excluding hydrogens is 188 g/mol. The molecule has 14 heavy (non-hydrogen) atoms. The van der Waals surface area contributed by atoms with Gasteiger partial charge in [0.15, 0.2) is 6.61 Å². The highest BCUT2D eigenvalue weighted by Gasteiger charge is 2.33. The van der Waals surface area contributed by atoms with Gasteiger partial charge in [0.1, 0.15) is 0 Å². The maximum atomic E-state index is 11.1. The van der Waals surface area contributed by atoms with Gasteiger partial charge in [-0.1, -0.05) is 0 Å². The first-order valence-electron chi connectivity index (χ1n) is 4.44. The van der Waals surface area contributed by atoms with Crippen LogP contribution < -0.4 is 10.8 Å². The molecule has 3 N–H and O–H groups in total. The summed E-state index contributed by atoms with van der Waals surface area (Å²) in [6, 6.07) is -0.492. The number of hydrogen-bond acceptors (Lipinski definition) is 3. The van der Waals surface area contributed by atoms with Gasteiger partial charge in [0.05, 0.1) is 0 Å². The molecule has 0 saturated heterocycles. The topological polar surface area (TPSA) is 87.7 Å². The largest absolute Gasteiger partial charge is 0.479 e. The van der Waals surface area contributed by atoms with E-state index in [0.29, 0.717) is 0 Å². The third-order valence-electron chi connectivity index (χ3n) is 2.23. The van der Waals surface area contributed by atoms with Crippen LogP contribution in [0.2, 0.25) is 0 Å². The number of rotatable bonds is 4. The Morgan fingerprint density at radius 2 is 2.14 bits per heavy atom. The number of amides is 2. The molecule has 0 atom stereocenters. The fraction of sp³-hybridized carbons (Fsp3) is 0.750. The molecule has 0 aliphatic heterocycles. The van der Waals surface area contributed by atoms with Crippen molar-refractivity contribution in [1.82, 2.24) is 10.8 Å². The van der Waals surface area contributed by atoms with Gasteiger partial charge in [-0.15, -0.1) is 0 Å². The number of carboxylic acids is 1. The minimum atomic E-state index is -1.12. The Bertz CT molecular complexity index is 237. The van der Waals surface area contributed by atoms with Crippen LogP contribution in [0.25, 0.3) is 0 Å². The molecule has 2 amide bonds. The van der Waals surface area contributed by atoms with E-state index in [-0.39, 0.29) is 5.54 Å². The van der Waals surface area contributed by atoms with Crippen molar-refractivity contribution in [3.8, 4) is 0 Å². The van der Waals surface area contributed by atoms with E-state index in [1.165, 1.54) is 0 Å². The van der Waals surface area contributed by atoms with E-state index in [2.05, 4.69) is 10.2 Å². The molecule has 6 nitrogen and oxygen atoms in total. The summed E-state index contributed by atoms with van der Waals surface area (Å²) in [4.78, 5) is 25.5. The van der Waals surface area contributed by atoms with Gasteiger partial charge in [0.25, 0.3) is 0 Å². The lowest BCUT2D eigenvalue weighted by molar-refractivity contribution is -0.144. The molecule has 0 heterocycles. The third-order valence-corrected chi connectivity index (χ3v) is 2.23. The zero-order valence-electron chi connectivity index (χ0n) is 8.00. The highest BCUT2D eigenvalue weighted by Crippen LogP contribution is 2.30. The molecule has 6 heteroatoms. The highest BCUT2D eigenvalue weighted by atomic mass is 16.7. The molecule has 1 aliphatic rings. The zero-order valence-corrected chi connectivity index (χ0v) is 8.00. The number of aliphatic carboxylic acids is 1. The van der Waals surface area contributed by atoms with Crippen LogP contribution in [0.3, 0.4) is 0 Å². The summed E-state index contributed by atoms with van der Waals surface area (Å²) in [7, 11) is 0. The predicted molar refractivity (Wildman–Crippen MR) is 47.5 cm³/mol. The number of hydroxylamine groups is 1. The van der Waals surface area contributed by atoms with Crippen molar-refractivity contribution in [2.75, 3.05) is 6.61 Å². The Kier molecular flexibility index (Phi) is 3.29. The minimum absolute atomic E-state index is 0.156. The normalized spacial score (nSPS) is 18.1. The first-order valence-corrected chi connectivity index (χ1v) is 4.44. The van der Waals surface area contributed by atoms with Crippen molar-refractivity contribution in [2.24, 2.45) is 0 Å². The van der Waals surface area contributed by atoms with E-state index in [1.807, 2.05) is 12.4 Å². The quantitative estimate of drug-likeness (QED) is 0.570. The Labute approximate surface area is 81.6 Å². The lowest BCUT2D eigenvalue weighted by Gasteiger charge is -2.38. The van der Waals surface area contributed by atoms with Crippen LogP contribution in [0, 0.1) is 0 Å². The van der Waals surface area contributed by atoms with Crippen LogP contribution in [0.1, 0.15) is 26.2 Å². The van der Waals surface area contributed by atoms with E-state index in [1.54, 1.807) is 0 Å². The van der Waals surface area contributed by atoms with Crippen LogP contribution in [0.15, 0.2) is 0 Å². The summed E-state index contributed by atoms with van der Waals surface area (Å²) in [5.41, 5.74) is 1.85. The van der Waals surface area contributed by atoms with Crippen LogP contribution in [0.4, 0.5) is 4.79 Å². The zero-order chi connectivity index (χ0) is 10.6. The second-order valence-electron chi connectivity index (χ2n) is 3.65. The molecule has 0 aromatic heterocycles. The van der Waals surface area contributed by atoms with Gasteiger partial charge in [0, 0.05) is 5.54 Å². The second-order valence-corrected chi connectivity index (χ2v) is 3.65. The van der Waals surface area contributed by atoms with Crippen LogP contribution in [-0.4, -0.2) is 29.3 Å². The average molecular weight is 202 g/mol. The maximum Gasteiger partial charge on any atom is 0.339 e. The minimum Gasteiger partial charge on any atom is -0.479 e. The maximum absolute atomic E-state index is 11.1. The molecule has 0 spiro atoms. The average Bonchev–Trinajstić information content (AvgIpc) is 2.00. The molecular formula is C8H14N2O4. The number of urea groups is 1. The molecule has 0 aromatic rings. The Balaban J connectivity index is 2.13. The van der Waals surface area contributed by atoms with Gasteiger partial charge in [-0.05, 0) is 26.2 Å². The SMILES string of the molecule is CC1(NC(=O)NOCC(=O)O)CCC1. The monoisotopic (exact) mass is 202 g/mol. The van der Waals surface area contributed by atoms with Crippen molar-refractivity contribution in [3.05, 3.63) is 0 Å². The summed E-state index contributed by atoms with van der Waals surface area (Å²) >= 11 is 0. The van der Waals surface area contributed by atoms with E-state index >= 15 is 0 Å². The molecule has 0 bridgehead atoms. The molecule has 1 aliphatic carbocycles. The van der Waals surface area contributed by atoms with Crippen LogP contribution in [0.5, 0.6) is 0 Å². The number of carbonyl (C=O) groups is 2. The van der Waals surface area contributed by atoms with E-state index in [9.17, 15) is 9.59 Å². The lowest BCUT2D eigenvalue weighted by Crippen LogP contribution is -2.54. The smallest absolute Gasteiger partial charge is 0.339 e. The first-order chi connectivity index (χ1) is 6.52. The number of carboxylic acid groups (broad SMARTS) is 1. The summed E-state index contributed by atoms with van der Waals surface area (Å²) < 4.78 is 0. The fourth-order valence-electron chi connectivity index (χ4n) is 1.30. The highest BCUT2D eigenvalue weighted by molar-refractivity contribution is 5.74. The van der Waals surface area contributed by atoms with Gasteiger partial charge >= 0.3 is 12.0 Å². The summed E-state index contributed by atoms with van der Waals surface area (Å²) in [5.74, 6) is -1.12. The molecule has 1 fully saturated rings. The predicted octanol–water partition coefficient (Wildman–Crippen LogP) is 0.244. The Morgan fingerprint density at radius 1 is 1.50 bits per heavy atom. The van der Waals surface area contributed by atoms with Crippen molar-refractivity contribution in [3.63, 3.8) is 0 Å². The summed E-state index contributed by atoms with van der Waals surface area (Å²) in [6.07, 6.45) is 2.99. The van der Waals surface area contributed by atoms with Crippen LogP contribution >= 0.6 is 0 Å². The van der Waals surface area contributed by atoms with Crippen LogP contribution in [-0.2, 0) is 9.63 Å². The summed E-state index contributed by atoms with van der Waals surface area (Å²) in [6.45, 7) is 1.40. The number of hydrogen-bond donors (Lipinski definition) is 3. The van der Waals surface area contributed by atoms with Crippen molar-refractivity contribution < 1.29 is 19.5 Å². The van der Waals surface area contributed by atoms with Gasteiger partial charge in [-0.2, -0.15) is 0 Å². The van der Waals surface area contributed by atoms with Gasteiger partial charge in [-0.3, -0.25) is 4.84 Å². The van der Waals surface area contributed by atoms with Gasteiger partial charge < -0.3 is 10.4 Å². The first kappa shape index (κ1) is 10.8. The Morgan fingerprint density at radius 3 is 2.57 bits per heavy atom. The molecule has 80 valence electrons. The van der Waals surface area contributed by atoms with E-state index in [0.717, 1.165) is 19.3 Å². The number of carbonyl (C=O) groups excluding carboxylic acids is 1.